The molecule has 2 N–H and O–H groups in total. The van der Waals surface area contributed by atoms with Gasteiger partial charge in [-0.25, -0.2) is 10.4 Å². The molecule has 0 saturated carbocycles. The Hall–Kier alpha value is -3.25. The van der Waals surface area contributed by atoms with E-state index in [9.17, 15) is 4.79 Å². The van der Waals surface area contributed by atoms with E-state index < -0.39 is 0 Å². The standard InChI is InChI=1S/C20H16N4OS/c25-19(13-21-20-23-17-10-3-4-11-18(17)26-20)24-22-12-15-8-5-7-14-6-1-2-9-16(14)15/h1-12H,13H2,(H,21,23)(H,24,25)/b22-12-. The van der Waals surface area contributed by atoms with Crippen molar-refractivity contribution in [2.45, 2.75) is 0 Å². The van der Waals surface area contributed by atoms with Gasteiger partial charge in [-0.15, -0.1) is 0 Å². The number of carbonyl (C=O) groups is 1. The molecule has 0 fully saturated rings. The van der Waals surface area contributed by atoms with E-state index in [4.69, 9.17) is 0 Å². The van der Waals surface area contributed by atoms with E-state index in [1.54, 1.807) is 6.21 Å². The Kier molecular flexibility index (Phi) is 4.57. The van der Waals surface area contributed by atoms with Crippen molar-refractivity contribution in [3.63, 3.8) is 0 Å². The van der Waals surface area contributed by atoms with Crippen molar-refractivity contribution in [3.8, 4) is 0 Å². The lowest BCUT2D eigenvalue weighted by Gasteiger charge is -2.02. The number of benzene rings is 3. The Balaban J connectivity index is 1.36. The molecule has 1 amide bonds. The summed E-state index contributed by atoms with van der Waals surface area (Å²) in [6, 6.07) is 21.9. The predicted octanol–water partition coefficient (Wildman–Crippen LogP) is 4.01. The summed E-state index contributed by atoms with van der Waals surface area (Å²) in [5, 5.41) is 10.1. The zero-order chi connectivity index (χ0) is 17.8. The van der Waals surface area contributed by atoms with E-state index in [2.05, 4.69) is 20.8 Å². The third kappa shape index (κ3) is 3.55. The van der Waals surface area contributed by atoms with Gasteiger partial charge in [-0.1, -0.05) is 65.9 Å². The fourth-order valence-electron chi connectivity index (χ4n) is 2.68. The highest BCUT2D eigenvalue weighted by Crippen LogP contribution is 2.25. The number of anilines is 1. The van der Waals surface area contributed by atoms with Gasteiger partial charge in [0.2, 0.25) is 0 Å². The first-order chi connectivity index (χ1) is 12.8. The van der Waals surface area contributed by atoms with Crippen LogP contribution < -0.4 is 10.7 Å². The fourth-order valence-corrected chi connectivity index (χ4v) is 3.54. The summed E-state index contributed by atoms with van der Waals surface area (Å²) in [5.41, 5.74) is 4.43. The second-order valence-electron chi connectivity index (χ2n) is 5.70. The summed E-state index contributed by atoms with van der Waals surface area (Å²) in [6.07, 6.45) is 1.66. The maximum atomic E-state index is 12.0. The van der Waals surface area contributed by atoms with E-state index in [1.807, 2.05) is 66.7 Å². The molecule has 5 nitrogen and oxygen atoms in total. The number of nitrogens with zero attached hydrogens (tertiary/aromatic N) is 2. The van der Waals surface area contributed by atoms with Gasteiger partial charge < -0.3 is 5.32 Å². The van der Waals surface area contributed by atoms with Gasteiger partial charge >= 0.3 is 0 Å². The molecule has 1 aromatic heterocycles. The molecule has 0 spiro atoms. The molecule has 0 bridgehead atoms. The number of rotatable bonds is 5. The van der Waals surface area contributed by atoms with Gasteiger partial charge in [-0.2, -0.15) is 5.10 Å². The van der Waals surface area contributed by atoms with E-state index in [1.165, 1.54) is 11.3 Å². The monoisotopic (exact) mass is 360 g/mol. The molecule has 0 unspecified atom stereocenters. The number of nitrogens with one attached hydrogen (secondary N) is 2. The molecular weight excluding hydrogens is 344 g/mol. The Bertz CT molecular complexity index is 1060. The van der Waals surface area contributed by atoms with Crippen molar-refractivity contribution in [2.75, 3.05) is 11.9 Å². The number of thiazole rings is 1. The molecule has 4 rings (SSSR count). The molecule has 0 aliphatic rings. The first-order valence-corrected chi connectivity index (χ1v) is 9.00. The molecule has 0 saturated heterocycles. The summed E-state index contributed by atoms with van der Waals surface area (Å²) in [6.45, 7) is 0.118. The largest absolute Gasteiger partial charge is 0.352 e. The van der Waals surface area contributed by atoms with Crippen molar-refractivity contribution in [1.29, 1.82) is 0 Å². The average molecular weight is 360 g/mol. The van der Waals surface area contributed by atoms with Gasteiger partial charge in [-0.05, 0) is 22.9 Å². The fraction of sp³-hybridized carbons (Fsp3) is 0.0500. The summed E-state index contributed by atoms with van der Waals surface area (Å²) < 4.78 is 1.09. The molecule has 0 aliphatic carbocycles. The minimum atomic E-state index is -0.222. The third-order valence-corrected chi connectivity index (χ3v) is 4.90. The highest BCUT2D eigenvalue weighted by molar-refractivity contribution is 7.22. The molecule has 1 heterocycles. The molecule has 3 aromatic carbocycles. The van der Waals surface area contributed by atoms with Crippen molar-refractivity contribution in [3.05, 3.63) is 72.3 Å². The van der Waals surface area contributed by atoms with Gasteiger partial charge in [0.25, 0.3) is 5.91 Å². The van der Waals surface area contributed by atoms with Crippen LogP contribution in [0.2, 0.25) is 0 Å². The topological polar surface area (TPSA) is 66.4 Å². The Morgan fingerprint density at radius 3 is 2.77 bits per heavy atom. The van der Waals surface area contributed by atoms with E-state index >= 15 is 0 Å². The average Bonchev–Trinajstić information content (AvgIpc) is 3.10. The maximum absolute atomic E-state index is 12.0. The second kappa shape index (κ2) is 7.33. The number of carbonyl (C=O) groups excluding carboxylic acids is 1. The van der Waals surface area contributed by atoms with E-state index in [0.717, 1.165) is 31.7 Å². The highest BCUT2D eigenvalue weighted by Gasteiger charge is 2.05. The van der Waals surface area contributed by atoms with Crippen LogP contribution in [0.1, 0.15) is 5.56 Å². The number of hydrogen-bond acceptors (Lipinski definition) is 5. The minimum Gasteiger partial charge on any atom is -0.352 e. The SMILES string of the molecule is O=C(CNc1nc2ccccc2s1)N/N=C\c1cccc2ccccc12. The smallest absolute Gasteiger partial charge is 0.259 e. The first-order valence-electron chi connectivity index (χ1n) is 8.19. The van der Waals surface area contributed by atoms with Crippen molar-refractivity contribution < 1.29 is 4.79 Å². The molecular formula is C20H16N4OS. The van der Waals surface area contributed by atoms with Crippen LogP contribution in [0.3, 0.4) is 0 Å². The molecule has 0 aliphatic heterocycles. The third-order valence-electron chi connectivity index (χ3n) is 3.91. The van der Waals surface area contributed by atoms with Gasteiger partial charge in [0.1, 0.15) is 0 Å². The molecule has 26 heavy (non-hydrogen) atoms. The summed E-state index contributed by atoms with van der Waals surface area (Å²) >= 11 is 1.52. The van der Waals surface area contributed by atoms with E-state index in [0.29, 0.717) is 0 Å². The van der Waals surface area contributed by atoms with Crippen LogP contribution in [0.5, 0.6) is 0 Å². The normalized spacial score (nSPS) is 11.2. The molecule has 0 atom stereocenters. The number of hydrazone groups is 1. The van der Waals surface area contributed by atoms with Crippen LogP contribution in [-0.4, -0.2) is 23.7 Å². The van der Waals surface area contributed by atoms with Crippen molar-refractivity contribution in [2.24, 2.45) is 5.10 Å². The second-order valence-corrected chi connectivity index (χ2v) is 6.73. The summed E-state index contributed by atoms with van der Waals surface area (Å²) in [5.74, 6) is -0.222. The van der Waals surface area contributed by atoms with Gasteiger partial charge in [0.15, 0.2) is 5.13 Å². The first kappa shape index (κ1) is 16.2. The lowest BCUT2D eigenvalue weighted by molar-refractivity contribution is -0.119. The van der Waals surface area contributed by atoms with Crippen LogP contribution >= 0.6 is 11.3 Å². The van der Waals surface area contributed by atoms with Gasteiger partial charge in [0, 0.05) is 5.56 Å². The zero-order valence-corrected chi connectivity index (χ0v) is 14.7. The Morgan fingerprint density at radius 1 is 1.04 bits per heavy atom. The Morgan fingerprint density at radius 2 is 1.85 bits per heavy atom. The maximum Gasteiger partial charge on any atom is 0.259 e. The molecule has 6 heteroatoms. The van der Waals surface area contributed by atoms with Crippen LogP contribution in [0, 0.1) is 0 Å². The minimum absolute atomic E-state index is 0.118. The van der Waals surface area contributed by atoms with Gasteiger partial charge in [0.05, 0.1) is 23.0 Å². The zero-order valence-electron chi connectivity index (χ0n) is 13.8. The van der Waals surface area contributed by atoms with Crippen molar-refractivity contribution in [1.82, 2.24) is 10.4 Å². The predicted molar refractivity (Wildman–Crippen MR) is 108 cm³/mol. The lowest BCUT2D eigenvalue weighted by Crippen LogP contribution is -2.25. The molecule has 0 radical (unpaired) electrons. The van der Waals surface area contributed by atoms with E-state index in [-0.39, 0.29) is 12.5 Å². The van der Waals surface area contributed by atoms with Gasteiger partial charge in [-0.3, -0.25) is 4.79 Å². The van der Waals surface area contributed by atoms with Crippen LogP contribution in [0.4, 0.5) is 5.13 Å². The molecule has 128 valence electrons. The van der Waals surface area contributed by atoms with Crippen LogP contribution in [0.15, 0.2) is 71.8 Å². The number of aromatic nitrogens is 1. The number of fused-ring (bicyclic) bond motifs is 2. The van der Waals surface area contributed by atoms with Crippen molar-refractivity contribution >= 4 is 49.6 Å². The molecule has 4 aromatic rings. The number of hydrogen-bond donors (Lipinski definition) is 2. The summed E-state index contributed by atoms with van der Waals surface area (Å²) in [7, 11) is 0. The van der Waals surface area contributed by atoms with Crippen LogP contribution in [0.25, 0.3) is 21.0 Å². The number of para-hydroxylation sites is 1. The highest BCUT2D eigenvalue weighted by atomic mass is 32.1. The quantitative estimate of drug-likeness (QED) is 0.417. The summed E-state index contributed by atoms with van der Waals surface area (Å²) in [4.78, 5) is 16.4. The van der Waals surface area contributed by atoms with Crippen LogP contribution in [-0.2, 0) is 4.79 Å². The number of amides is 1. The Labute approximate surface area is 154 Å². The lowest BCUT2D eigenvalue weighted by atomic mass is 10.1.